The Kier molecular flexibility index (Phi) is 4.63. The molecule has 0 aliphatic carbocycles. The van der Waals surface area contributed by atoms with Gasteiger partial charge in [-0.15, -0.1) is 0 Å². The van der Waals surface area contributed by atoms with Gasteiger partial charge in [-0.3, -0.25) is 9.88 Å². The van der Waals surface area contributed by atoms with E-state index in [0.717, 1.165) is 43.0 Å². The molecule has 2 saturated heterocycles. The number of hydrogen-bond donors (Lipinski definition) is 1. The minimum atomic E-state index is 0.302. The summed E-state index contributed by atoms with van der Waals surface area (Å²) in [6.07, 6.45) is 6.73. The van der Waals surface area contributed by atoms with Crippen molar-refractivity contribution in [3.8, 4) is 0 Å². The number of likely N-dealkylation sites (tertiary alicyclic amines) is 1. The summed E-state index contributed by atoms with van der Waals surface area (Å²) in [5.74, 6) is 0.672. The number of hydrogen-bond acceptors (Lipinski definition) is 5. The Morgan fingerprint density at radius 2 is 1.86 bits per heavy atom. The quantitative estimate of drug-likeness (QED) is 0.731. The molecule has 0 atom stereocenters. The molecule has 1 aromatic carbocycles. The van der Waals surface area contributed by atoms with Gasteiger partial charge in [-0.1, -0.05) is 24.3 Å². The lowest BCUT2D eigenvalue weighted by atomic mass is 9.84. The highest BCUT2D eigenvalue weighted by atomic mass is 15.3. The van der Waals surface area contributed by atoms with Crippen LogP contribution in [0.1, 0.15) is 36.9 Å². The molecule has 0 bridgehead atoms. The molecule has 2 N–H and O–H groups in total. The molecule has 0 saturated carbocycles. The largest absolute Gasteiger partial charge is 0.383 e. The molecule has 0 unspecified atom stereocenters. The number of nitrogens with two attached hydrogens (primary N) is 1. The lowest BCUT2D eigenvalue weighted by Gasteiger charge is -2.46. The second-order valence-electron chi connectivity index (χ2n) is 8.58. The highest BCUT2D eigenvalue weighted by Gasteiger charge is 2.43. The smallest absolute Gasteiger partial charge is 0.127 e. The number of nitrogen functional groups attached to an aromatic ring is 1. The Morgan fingerprint density at radius 1 is 1.03 bits per heavy atom. The predicted molar refractivity (Wildman–Crippen MR) is 119 cm³/mol. The van der Waals surface area contributed by atoms with Crippen molar-refractivity contribution in [1.82, 2.24) is 14.9 Å². The van der Waals surface area contributed by atoms with Gasteiger partial charge >= 0.3 is 0 Å². The zero-order chi connectivity index (χ0) is 19.8. The van der Waals surface area contributed by atoms with Crippen LogP contribution >= 0.6 is 0 Å². The zero-order valence-electron chi connectivity index (χ0n) is 17.1. The van der Waals surface area contributed by atoms with E-state index in [1.54, 1.807) is 6.20 Å². The zero-order valence-corrected chi connectivity index (χ0v) is 17.1. The van der Waals surface area contributed by atoms with E-state index < -0.39 is 0 Å². The number of benzene rings is 1. The van der Waals surface area contributed by atoms with Crippen LogP contribution in [0.4, 0.5) is 11.5 Å². The van der Waals surface area contributed by atoms with Gasteiger partial charge in [-0.25, -0.2) is 4.98 Å². The average molecular weight is 388 g/mol. The van der Waals surface area contributed by atoms with Crippen LogP contribution in [0.5, 0.6) is 0 Å². The number of piperidine rings is 1. The van der Waals surface area contributed by atoms with Crippen LogP contribution in [0.2, 0.25) is 0 Å². The summed E-state index contributed by atoms with van der Waals surface area (Å²) in [4.78, 5) is 14.2. The molecule has 2 fully saturated rings. The van der Waals surface area contributed by atoms with E-state index in [9.17, 15) is 0 Å². The second kappa shape index (κ2) is 7.30. The van der Waals surface area contributed by atoms with Gasteiger partial charge in [0.15, 0.2) is 0 Å². The molecule has 5 nitrogen and oxygen atoms in total. The van der Waals surface area contributed by atoms with Crippen molar-refractivity contribution in [2.24, 2.45) is 0 Å². The van der Waals surface area contributed by atoms with Gasteiger partial charge in [0.25, 0.3) is 0 Å². The van der Waals surface area contributed by atoms with Crippen LogP contribution in [-0.2, 0) is 6.54 Å². The van der Waals surface area contributed by atoms with Crippen molar-refractivity contribution >= 4 is 22.4 Å². The van der Waals surface area contributed by atoms with Gasteiger partial charge < -0.3 is 10.6 Å². The lowest BCUT2D eigenvalue weighted by molar-refractivity contribution is 0.1000. The maximum atomic E-state index is 6.13. The van der Waals surface area contributed by atoms with Crippen molar-refractivity contribution in [1.29, 1.82) is 0 Å². The minimum Gasteiger partial charge on any atom is -0.383 e. The summed E-state index contributed by atoms with van der Waals surface area (Å²) in [5.41, 5.74) is 11.1. The van der Waals surface area contributed by atoms with E-state index in [-0.39, 0.29) is 0 Å². The van der Waals surface area contributed by atoms with Crippen LogP contribution in [-0.4, -0.2) is 40.0 Å². The van der Waals surface area contributed by atoms with Gasteiger partial charge in [-0.2, -0.15) is 0 Å². The lowest BCUT2D eigenvalue weighted by Crippen LogP contribution is -2.52. The second-order valence-corrected chi connectivity index (χ2v) is 8.58. The minimum absolute atomic E-state index is 0.302. The number of fused-ring (bicyclic) bond motifs is 1. The SMILES string of the molecule is Cc1cc(N2CCC3(CCCN3Cc3cccnc3N)CC2)c2ccccc2n1. The third-order valence-electron chi connectivity index (χ3n) is 6.89. The van der Waals surface area contributed by atoms with Crippen molar-refractivity contribution in [3.63, 3.8) is 0 Å². The first-order valence-electron chi connectivity index (χ1n) is 10.7. The maximum absolute atomic E-state index is 6.13. The molecule has 150 valence electrons. The topological polar surface area (TPSA) is 58.3 Å². The molecule has 29 heavy (non-hydrogen) atoms. The monoisotopic (exact) mass is 387 g/mol. The molecule has 3 aromatic rings. The van der Waals surface area contributed by atoms with Gasteiger partial charge in [-0.05, 0) is 57.4 Å². The van der Waals surface area contributed by atoms with E-state index >= 15 is 0 Å². The summed E-state index contributed by atoms with van der Waals surface area (Å²) >= 11 is 0. The molecule has 0 amide bonds. The Bertz CT molecular complexity index is 1020. The van der Waals surface area contributed by atoms with E-state index in [0.29, 0.717) is 11.4 Å². The fourth-order valence-corrected chi connectivity index (χ4v) is 5.31. The van der Waals surface area contributed by atoms with Gasteiger partial charge in [0.2, 0.25) is 0 Å². The van der Waals surface area contributed by atoms with Crippen LogP contribution in [0, 0.1) is 6.92 Å². The fraction of sp³-hybridized carbons (Fsp3) is 0.417. The molecule has 0 radical (unpaired) electrons. The highest BCUT2D eigenvalue weighted by molar-refractivity contribution is 5.92. The van der Waals surface area contributed by atoms with E-state index in [1.807, 2.05) is 6.07 Å². The number of para-hydroxylation sites is 1. The molecule has 2 aromatic heterocycles. The standard InChI is InChI=1S/C24H29N5/c1-18-16-22(20-7-2-3-8-21(20)27-18)28-14-10-24(11-15-28)9-5-13-29(24)17-19-6-4-12-26-23(19)25/h2-4,6-8,12,16H,5,9-11,13-15,17H2,1H3,(H2,25,26). The molecule has 4 heterocycles. The Hall–Kier alpha value is -2.66. The van der Waals surface area contributed by atoms with E-state index in [2.05, 4.69) is 58.1 Å². The first kappa shape index (κ1) is 18.4. The third kappa shape index (κ3) is 3.33. The van der Waals surface area contributed by atoms with Crippen molar-refractivity contribution < 1.29 is 0 Å². The maximum Gasteiger partial charge on any atom is 0.127 e. The highest BCUT2D eigenvalue weighted by Crippen LogP contribution is 2.41. The van der Waals surface area contributed by atoms with Crippen molar-refractivity contribution in [2.75, 3.05) is 30.3 Å². The summed E-state index contributed by atoms with van der Waals surface area (Å²) in [6, 6.07) is 14.9. The molecule has 1 spiro atoms. The summed E-state index contributed by atoms with van der Waals surface area (Å²) < 4.78 is 0. The van der Waals surface area contributed by atoms with Crippen molar-refractivity contribution in [3.05, 3.63) is 59.9 Å². The third-order valence-corrected chi connectivity index (χ3v) is 6.89. The number of anilines is 2. The summed E-state index contributed by atoms with van der Waals surface area (Å²) in [6.45, 7) is 6.35. The fourth-order valence-electron chi connectivity index (χ4n) is 5.31. The number of rotatable bonds is 3. The summed E-state index contributed by atoms with van der Waals surface area (Å²) in [7, 11) is 0. The van der Waals surface area contributed by atoms with Crippen LogP contribution in [0.25, 0.3) is 10.9 Å². The van der Waals surface area contributed by atoms with Crippen molar-refractivity contribution in [2.45, 2.75) is 44.7 Å². The predicted octanol–water partition coefficient (Wildman–Crippen LogP) is 4.16. The molecule has 2 aliphatic rings. The first-order chi connectivity index (χ1) is 14.1. The van der Waals surface area contributed by atoms with Crippen LogP contribution in [0.3, 0.4) is 0 Å². The van der Waals surface area contributed by atoms with Crippen LogP contribution in [0.15, 0.2) is 48.7 Å². The summed E-state index contributed by atoms with van der Waals surface area (Å²) in [5, 5.41) is 1.26. The normalized spacial score (nSPS) is 19.3. The number of aromatic nitrogens is 2. The molecule has 5 heteroatoms. The first-order valence-corrected chi connectivity index (χ1v) is 10.7. The molecule has 2 aliphatic heterocycles. The van der Waals surface area contributed by atoms with Gasteiger partial charge in [0, 0.05) is 53.7 Å². The number of aryl methyl sites for hydroxylation is 1. The Morgan fingerprint density at radius 3 is 2.69 bits per heavy atom. The molecule has 5 rings (SSSR count). The van der Waals surface area contributed by atoms with Gasteiger partial charge in [0.1, 0.15) is 5.82 Å². The Balaban J connectivity index is 1.37. The molecular weight excluding hydrogens is 358 g/mol. The Labute approximate surface area is 172 Å². The average Bonchev–Trinajstić information content (AvgIpc) is 3.11. The molecular formula is C24H29N5. The van der Waals surface area contributed by atoms with E-state index in [1.165, 1.54) is 36.8 Å². The van der Waals surface area contributed by atoms with Crippen LogP contribution < -0.4 is 10.6 Å². The number of nitrogens with zero attached hydrogens (tertiary/aromatic N) is 4. The van der Waals surface area contributed by atoms with E-state index in [4.69, 9.17) is 10.7 Å². The number of pyridine rings is 2. The van der Waals surface area contributed by atoms with Gasteiger partial charge in [0.05, 0.1) is 5.52 Å².